The fourth-order valence-electron chi connectivity index (χ4n) is 0.706. The van der Waals surface area contributed by atoms with E-state index in [9.17, 15) is 8.42 Å². The zero-order valence-corrected chi connectivity index (χ0v) is 7.53. The van der Waals surface area contributed by atoms with Gasteiger partial charge in [-0.1, -0.05) is 29.1 Å². The van der Waals surface area contributed by atoms with Gasteiger partial charge in [-0.2, -0.15) is 8.42 Å². The molecule has 5 heteroatoms. The zero-order chi connectivity index (χ0) is 9.73. The molecule has 0 fully saturated rings. The van der Waals surface area contributed by atoms with Crippen LogP contribution in [0.5, 0.6) is 0 Å². The Bertz CT molecular complexity index is 368. The third-order valence-electron chi connectivity index (χ3n) is 1.23. The molecule has 0 amide bonds. The lowest BCUT2D eigenvalue weighted by atomic mass is 10.4. The molecular formula is C8H8O4S. The first-order valence-electron chi connectivity index (χ1n) is 3.43. The van der Waals surface area contributed by atoms with Crippen LogP contribution in [0.4, 0.5) is 0 Å². The standard InChI is InChI=1S/C8H8O4S/c1-2-11-12-13(9,10)8-6-4-3-5-7-8/h2-7H,1H2. The van der Waals surface area contributed by atoms with Crippen LogP contribution in [0.15, 0.2) is 48.1 Å². The summed E-state index contributed by atoms with van der Waals surface area (Å²) in [5.74, 6) is 0. The van der Waals surface area contributed by atoms with Crippen LogP contribution in [0, 0.1) is 0 Å². The van der Waals surface area contributed by atoms with Gasteiger partial charge < -0.3 is 4.89 Å². The Balaban J connectivity index is 2.88. The molecule has 1 aromatic rings. The minimum absolute atomic E-state index is 0.0388. The van der Waals surface area contributed by atoms with Crippen LogP contribution in [0.2, 0.25) is 0 Å². The average Bonchev–Trinajstić information content (AvgIpc) is 2.16. The fourth-order valence-corrected chi connectivity index (χ4v) is 1.43. The third kappa shape index (κ3) is 2.57. The molecule has 4 nitrogen and oxygen atoms in total. The lowest BCUT2D eigenvalue weighted by molar-refractivity contribution is -0.142. The van der Waals surface area contributed by atoms with Gasteiger partial charge >= 0.3 is 10.1 Å². The van der Waals surface area contributed by atoms with Crippen LogP contribution in [0.25, 0.3) is 0 Å². The van der Waals surface area contributed by atoms with E-state index in [-0.39, 0.29) is 4.90 Å². The van der Waals surface area contributed by atoms with Crippen molar-refractivity contribution in [2.45, 2.75) is 4.90 Å². The predicted octanol–water partition coefficient (Wildman–Crippen LogP) is 1.47. The van der Waals surface area contributed by atoms with Crippen LogP contribution in [0.1, 0.15) is 0 Å². The maximum absolute atomic E-state index is 11.2. The van der Waals surface area contributed by atoms with Crippen LogP contribution in [0.3, 0.4) is 0 Å². The summed E-state index contributed by atoms with van der Waals surface area (Å²) in [6.45, 7) is 3.15. The molecule has 0 unspecified atom stereocenters. The summed E-state index contributed by atoms with van der Waals surface area (Å²) in [6.07, 6.45) is 0.889. The van der Waals surface area contributed by atoms with Gasteiger partial charge in [0.05, 0.1) is 4.90 Å². The quantitative estimate of drug-likeness (QED) is 0.419. The van der Waals surface area contributed by atoms with E-state index in [4.69, 9.17) is 0 Å². The Morgan fingerprint density at radius 2 is 1.85 bits per heavy atom. The molecule has 0 bridgehead atoms. The molecule has 0 aliphatic heterocycles. The Morgan fingerprint density at radius 1 is 1.23 bits per heavy atom. The number of hydrogen-bond acceptors (Lipinski definition) is 4. The van der Waals surface area contributed by atoms with Crippen LogP contribution in [-0.4, -0.2) is 8.42 Å². The lowest BCUT2D eigenvalue weighted by Crippen LogP contribution is -2.04. The fraction of sp³-hybridized carbons (Fsp3) is 0. The molecule has 0 aliphatic rings. The maximum atomic E-state index is 11.2. The van der Waals surface area contributed by atoms with E-state index in [0.29, 0.717) is 0 Å². The first-order chi connectivity index (χ1) is 6.17. The molecule has 1 aromatic carbocycles. The van der Waals surface area contributed by atoms with Gasteiger partial charge in [-0.05, 0) is 12.1 Å². The average molecular weight is 200 g/mol. The van der Waals surface area contributed by atoms with Crippen LogP contribution in [-0.2, 0) is 19.3 Å². The Morgan fingerprint density at radius 3 is 2.38 bits per heavy atom. The highest BCUT2D eigenvalue weighted by Gasteiger charge is 2.14. The van der Waals surface area contributed by atoms with Crippen molar-refractivity contribution >= 4 is 10.1 Å². The number of hydrogen-bond donors (Lipinski definition) is 0. The molecule has 0 atom stereocenters. The monoisotopic (exact) mass is 200 g/mol. The van der Waals surface area contributed by atoms with E-state index in [1.54, 1.807) is 18.2 Å². The smallest absolute Gasteiger partial charge is 0.329 e. The van der Waals surface area contributed by atoms with Crippen molar-refractivity contribution in [1.82, 2.24) is 0 Å². The predicted molar refractivity (Wildman–Crippen MR) is 46.0 cm³/mol. The van der Waals surface area contributed by atoms with Gasteiger partial charge in [0, 0.05) is 0 Å². The van der Waals surface area contributed by atoms with Gasteiger partial charge in [0.2, 0.25) is 0 Å². The topological polar surface area (TPSA) is 52.6 Å². The van der Waals surface area contributed by atoms with Gasteiger partial charge in [0.1, 0.15) is 6.26 Å². The molecule has 0 saturated heterocycles. The molecular weight excluding hydrogens is 192 g/mol. The van der Waals surface area contributed by atoms with Crippen molar-refractivity contribution in [3.63, 3.8) is 0 Å². The van der Waals surface area contributed by atoms with Crippen molar-refractivity contribution in [2.24, 2.45) is 0 Å². The van der Waals surface area contributed by atoms with Gasteiger partial charge in [0.25, 0.3) is 0 Å². The second kappa shape index (κ2) is 4.06. The number of benzene rings is 1. The lowest BCUT2D eigenvalue weighted by Gasteiger charge is -2.00. The highest BCUT2D eigenvalue weighted by Crippen LogP contribution is 2.11. The van der Waals surface area contributed by atoms with E-state index in [2.05, 4.69) is 15.8 Å². The summed E-state index contributed by atoms with van der Waals surface area (Å²) in [5, 5.41) is 0. The second-order valence-electron chi connectivity index (χ2n) is 2.10. The molecule has 13 heavy (non-hydrogen) atoms. The molecule has 0 spiro atoms. The van der Waals surface area contributed by atoms with Gasteiger partial charge in [-0.3, -0.25) is 0 Å². The summed E-state index contributed by atoms with van der Waals surface area (Å²) in [6, 6.07) is 7.69. The molecule has 0 radical (unpaired) electrons. The molecule has 0 N–H and O–H groups in total. The molecule has 0 aromatic heterocycles. The summed E-state index contributed by atoms with van der Waals surface area (Å²) in [7, 11) is -3.82. The van der Waals surface area contributed by atoms with Crippen molar-refractivity contribution in [2.75, 3.05) is 0 Å². The van der Waals surface area contributed by atoms with Crippen LogP contribution < -0.4 is 0 Å². The Hall–Kier alpha value is -1.33. The normalized spacial score (nSPS) is 10.8. The summed E-state index contributed by atoms with van der Waals surface area (Å²) < 4.78 is 26.5. The Kier molecular flexibility index (Phi) is 3.05. The molecule has 0 heterocycles. The SMILES string of the molecule is C=COOS(=O)(=O)c1ccccc1. The summed E-state index contributed by atoms with van der Waals surface area (Å²) >= 11 is 0. The van der Waals surface area contributed by atoms with Gasteiger partial charge in [0.15, 0.2) is 0 Å². The largest absolute Gasteiger partial charge is 0.332 e. The molecule has 0 saturated carbocycles. The zero-order valence-electron chi connectivity index (χ0n) is 6.71. The highest BCUT2D eigenvalue weighted by molar-refractivity contribution is 7.86. The molecule has 0 aliphatic carbocycles. The molecule has 70 valence electrons. The summed E-state index contributed by atoms with van der Waals surface area (Å²) in [5.41, 5.74) is 0. The van der Waals surface area contributed by atoms with Gasteiger partial charge in [-0.15, -0.1) is 0 Å². The minimum Gasteiger partial charge on any atom is -0.329 e. The van der Waals surface area contributed by atoms with Crippen molar-refractivity contribution in [1.29, 1.82) is 0 Å². The Labute approximate surface area is 76.5 Å². The number of rotatable bonds is 4. The van der Waals surface area contributed by atoms with E-state index in [0.717, 1.165) is 6.26 Å². The summed E-state index contributed by atoms with van der Waals surface area (Å²) in [4.78, 5) is 4.17. The first-order valence-corrected chi connectivity index (χ1v) is 4.83. The first kappa shape index (κ1) is 9.76. The van der Waals surface area contributed by atoms with E-state index in [1.807, 2.05) is 0 Å². The van der Waals surface area contributed by atoms with E-state index >= 15 is 0 Å². The van der Waals surface area contributed by atoms with Crippen molar-refractivity contribution in [3.8, 4) is 0 Å². The van der Waals surface area contributed by atoms with Crippen molar-refractivity contribution in [3.05, 3.63) is 43.2 Å². The minimum atomic E-state index is -3.82. The maximum Gasteiger partial charge on any atom is 0.332 e. The molecule has 1 rings (SSSR count). The van der Waals surface area contributed by atoms with E-state index < -0.39 is 10.1 Å². The van der Waals surface area contributed by atoms with E-state index in [1.165, 1.54) is 12.1 Å². The second-order valence-corrected chi connectivity index (χ2v) is 3.61. The highest BCUT2D eigenvalue weighted by atomic mass is 32.2. The van der Waals surface area contributed by atoms with Gasteiger partial charge in [-0.25, -0.2) is 0 Å². The van der Waals surface area contributed by atoms with Crippen LogP contribution >= 0.6 is 0 Å². The van der Waals surface area contributed by atoms with Crippen molar-refractivity contribution < 1.29 is 17.6 Å². The third-order valence-corrected chi connectivity index (χ3v) is 2.34.